The minimum atomic E-state index is 0.489. The maximum absolute atomic E-state index is 5.02. The van der Waals surface area contributed by atoms with E-state index in [4.69, 9.17) is 4.74 Å². The first kappa shape index (κ1) is 5.55. The zero-order valence-electron chi connectivity index (χ0n) is 3.03. The summed E-state index contributed by atoms with van der Waals surface area (Å²) in [6.07, 6.45) is 0. The van der Waals surface area contributed by atoms with Gasteiger partial charge in [-0.3, -0.25) is 0 Å². The molecule has 0 radical (unpaired) electrons. The van der Waals surface area contributed by atoms with Gasteiger partial charge in [0.25, 0.3) is 0 Å². The van der Waals surface area contributed by atoms with Crippen LogP contribution >= 0.6 is 45.2 Å². The molecule has 1 heterocycles. The number of hydrogen-bond acceptors (Lipinski definition) is 1. The summed E-state index contributed by atoms with van der Waals surface area (Å²) in [5, 5.41) is 0. The summed E-state index contributed by atoms with van der Waals surface area (Å²) in [5.74, 6) is 0. The zero-order valence-corrected chi connectivity index (χ0v) is 7.34. The third-order valence-electron chi connectivity index (χ3n) is 0.699. The molecule has 1 saturated heterocycles. The standard InChI is InChI=1S/C3H4I2O/c4-2-1-6-3(2)5/h2-3H,1H2. The fraction of sp³-hybridized carbons (Fsp3) is 1.00. The van der Waals surface area contributed by atoms with Gasteiger partial charge in [-0.25, -0.2) is 0 Å². The van der Waals surface area contributed by atoms with Crippen molar-refractivity contribution in [3.8, 4) is 0 Å². The molecular formula is C3H4I2O. The summed E-state index contributed by atoms with van der Waals surface area (Å²) in [6.45, 7) is 0.953. The molecule has 0 aromatic rings. The van der Waals surface area contributed by atoms with Crippen molar-refractivity contribution >= 4 is 45.2 Å². The van der Waals surface area contributed by atoms with Crippen molar-refractivity contribution in [1.82, 2.24) is 0 Å². The number of alkyl halides is 2. The van der Waals surface area contributed by atoms with E-state index in [-0.39, 0.29) is 0 Å². The number of halogens is 2. The van der Waals surface area contributed by atoms with E-state index in [2.05, 4.69) is 45.2 Å². The molecule has 1 nitrogen and oxygen atoms in total. The van der Waals surface area contributed by atoms with E-state index in [1.54, 1.807) is 0 Å². The zero-order chi connectivity index (χ0) is 4.57. The van der Waals surface area contributed by atoms with Crippen LogP contribution in [0.15, 0.2) is 0 Å². The molecule has 3 heteroatoms. The normalized spacial score (nSPS) is 45.0. The van der Waals surface area contributed by atoms with Crippen molar-refractivity contribution in [1.29, 1.82) is 0 Å². The van der Waals surface area contributed by atoms with Crippen molar-refractivity contribution < 1.29 is 4.74 Å². The lowest BCUT2D eigenvalue weighted by Gasteiger charge is -2.27. The molecule has 36 valence electrons. The molecule has 0 aromatic carbocycles. The van der Waals surface area contributed by atoms with Crippen LogP contribution in [0.25, 0.3) is 0 Å². The van der Waals surface area contributed by atoms with Crippen molar-refractivity contribution in [3.05, 3.63) is 0 Å². The molecular weight excluding hydrogens is 306 g/mol. The molecule has 1 aliphatic heterocycles. The SMILES string of the molecule is IC1COC1I. The minimum absolute atomic E-state index is 0.489. The fourth-order valence-corrected chi connectivity index (χ4v) is 1.07. The molecule has 1 fully saturated rings. The second-order valence-electron chi connectivity index (χ2n) is 1.20. The number of hydrogen-bond donors (Lipinski definition) is 0. The second kappa shape index (κ2) is 2.13. The number of ether oxygens (including phenoxy) is 1. The van der Waals surface area contributed by atoms with E-state index in [0.717, 1.165) is 10.5 Å². The van der Waals surface area contributed by atoms with Crippen molar-refractivity contribution in [2.45, 2.75) is 8.04 Å². The highest BCUT2D eigenvalue weighted by molar-refractivity contribution is 14.1. The number of rotatable bonds is 0. The van der Waals surface area contributed by atoms with Crippen LogP contribution in [0.3, 0.4) is 0 Å². The molecule has 0 saturated carbocycles. The molecule has 6 heavy (non-hydrogen) atoms. The Morgan fingerprint density at radius 3 is 2.00 bits per heavy atom. The van der Waals surface area contributed by atoms with Gasteiger partial charge in [0.1, 0.15) is 4.11 Å². The quantitative estimate of drug-likeness (QED) is 0.488. The molecule has 1 rings (SSSR count). The third kappa shape index (κ3) is 0.975. The predicted octanol–water partition coefficient (Wildman–Crippen LogP) is 1.58. The van der Waals surface area contributed by atoms with Gasteiger partial charge < -0.3 is 4.74 Å². The summed E-state index contributed by atoms with van der Waals surface area (Å²) in [5.41, 5.74) is 0. The minimum Gasteiger partial charge on any atom is -0.365 e. The summed E-state index contributed by atoms with van der Waals surface area (Å²) < 4.78 is 6.28. The molecule has 0 spiro atoms. The largest absolute Gasteiger partial charge is 0.365 e. The van der Waals surface area contributed by atoms with Crippen LogP contribution in [0.2, 0.25) is 0 Å². The Bertz CT molecular complexity index is 48.8. The Balaban J connectivity index is 2.20. The van der Waals surface area contributed by atoms with Crippen LogP contribution < -0.4 is 0 Å². The Hall–Kier alpha value is 1.42. The van der Waals surface area contributed by atoms with E-state index in [9.17, 15) is 0 Å². The van der Waals surface area contributed by atoms with Crippen molar-refractivity contribution in [3.63, 3.8) is 0 Å². The maximum Gasteiger partial charge on any atom is 0.122 e. The van der Waals surface area contributed by atoms with Crippen LogP contribution in [0.5, 0.6) is 0 Å². The average molecular weight is 310 g/mol. The average Bonchev–Trinajstić information content (AvgIpc) is 1.61. The van der Waals surface area contributed by atoms with Crippen LogP contribution in [-0.4, -0.2) is 14.6 Å². The van der Waals surface area contributed by atoms with Crippen molar-refractivity contribution in [2.24, 2.45) is 0 Å². The summed E-state index contributed by atoms with van der Waals surface area (Å²) in [4.78, 5) is 0. The summed E-state index contributed by atoms with van der Waals surface area (Å²) in [7, 11) is 0. The van der Waals surface area contributed by atoms with Crippen LogP contribution in [-0.2, 0) is 4.74 Å². The topological polar surface area (TPSA) is 9.23 Å². The molecule has 0 amide bonds. The monoisotopic (exact) mass is 310 g/mol. The van der Waals surface area contributed by atoms with Gasteiger partial charge in [-0.15, -0.1) is 0 Å². The van der Waals surface area contributed by atoms with Gasteiger partial charge >= 0.3 is 0 Å². The third-order valence-corrected chi connectivity index (χ3v) is 4.32. The van der Waals surface area contributed by atoms with Crippen LogP contribution in [0.4, 0.5) is 0 Å². The van der Waals surface area contributed by atoms with Crippen LogP contribution in [0.1, 0.15) is 0 Å². The molecule has 0 bridgehead atoms. The highest BCUT2D eigenvalue weighted by Crippen LogP contribution is 2.25. The van der Waals surface area contributed by atoms with Gasteiger partial charge in [0.05, 0.1) is 10.5 Å². The van der Waals surface area contributed by atoms with Gasteiger partial charge in [-0.05, 0) is 22.6 Å². The van der Waals surface area contributed by atoms with Gasteiger partial charge in [0, 0.05) is 0 Å². The molecule has 2 unspecified atom stereocenters. The first-order chi connectivity index (χ1) is 2.80. The second-order valence-corrected chi connectivity index (χ2v) is 4.03. The molecule has 0 aromatic heterocycles. The van der Waals surface area contributed by atoms with Gasteiger partial charge in [0.15, 0.2) is 0 Å². The van der Waals surface area contributed by atoms with Gasteiger partial charge in [0.2, 0.25) is 0 Å². The summed E-state index contributed by atoms with van der Waals surface area (Å²) in [6, 6.07) is 0. The highest BCUT2D eigenvalue weighted by atomic mass is 127. The predicted molar refractivity (Wildman–Crippen MR) is 41.6 cm³/mol. The molecule has 1 aliphatic rings. The summed E-state index contributed by atoms with van der Waals surface area (Å²) >= 11 is 4.68. The van der Waals surface area contributed by atoms with E-state index < -0.39 is 0 Å². The fourth-order valence-electron chi connectivity index (χ4n) is 0.242. The smallest absolute Gasteiger partial charge is 0.122 e. The molecule has 0 N–H and O–H groups in total. The Labute approximate surface area is 64.1 Å². The van der Waals surface area contributed by atoms with Gasteiger partial charge in [-0.2, -0.15) is 0 Å². The Morgan fingerprint density at radius 1 is 1.50 bits per heavy atom. The van der Waals surface area contributed by atoms with E-state index >= 15 is 0 Å². The van der Waals surface area contributed by atoms with Crippen LogP contribution in [0, 0.1) is 0 Å². The highest BCUT2D eigenvalue weighted by Gasteiger charge is 2.25. The Morgan fingerprint density at radius 2 is 2.00 bits per heavy atom. The van der Waals surface area contributed by atoms with E-state index in [1.165, 1.54) is 0 Å². The maximum atomic E-state index is 5.02. The van der Waals surface area contributed by atoms with Gasteiger partial charge in [-0.1, -0.05) is 22.6 Å². The lowest BCUT2D eigenvalue weighted by molar-refractivity contribution is 0.0370. The first-order valence-corrected chi connectivity index (χ1v) is 4.19. The van der Waals surface area contributed by atoms with Crippen molar-refractivity contribution in [2.75, 3.05) is 6.61 Å². The Kier molecular flexibility index (Phi) is 1.97. The molecule has 0 aliphatic carbocycles. The lowest BCUT2D eigenvalue weighted by Crippen LogP contribution is -2.34. The van der Waals surface area contributed by atoms with E-state index in [1.807, 2.05) is 0 Å². The van der Waals surface area contributed by atoms with E-state index in [0.29, 0.717) is 4.11 Å². The lowest BCUT2D eigenvalue weighted by atomic mass is 10.4. The molecule has 2 atom stereocenters. The first-order valence-electron chi connectivity index (χ1n) is 1.70.